The molecule has 3 heterocycles. The Hall–Kier alpha value is -3.46. The van der Waals surface area contributed by atoms with E-state index in [0.29, 0.717) is 6.42 Å². The number of cyclic esters (lactones) is 1. The fourth-order valence-corrected chi connectivity index (χ4v) is 9.67. The van der Waals surface area contributed by atoms with Crippen LogP contribution in [0.4, 0.5) is 0 Å². The Morgan fingerprint density at radius 3 is 2.02 bits per heavy atom. The number of ether oxygens (including phenoxy) is 10. The summed E-state index contributed by atoms with van der Waals surface area (Å²) in [6.45, 7) is 21.7. The molecule has 0 bridgehead atoms. The van der Waals surface area contributed by atoms with E-state index in [1.807, 2.05) is 25.9 Å². The Morgan fingerprint density at radius 1 is 0.922 bits per heavy atom. The molecule has 3 aliphatic heterocycles. The quantitative estimate of drug-likeness (QED) is 0.132. The molecule has 0 radical (unpaired) electrons. The van der Waals surface area contributed by atoms with Crippen molar-refractivity contribution in [2.24, 2.45) is 17.8 Å². The zero-order chi connectivity index (χ0) is 48.8. The van der Waals surface area contributed by atoms with Gasteiger partial charge in [0.15, 0.2) is 30.9 Å². The summed E-state index contributed by atoms with van der Waals surface area (Å²) >= 11 is 0. The van der Waals surface area contributed by atoms with E-state index in [2.05, 4.69) is 5.32 Å². The molecule has 3 fully saturated rings. The van der Waals surface area contributed by atoms with Gasteiger partial charge in [0, 0.05) is 53.6 Å². The molecule has 19 heteroatoms. The highest BCUT2D eigenvalue weighted by Crippen LogP contribution is 2.44. The number of aliphatic hydroxyl groups is 1. The number of hydrogen-bond acceptors (Lipinski definition) is 18. The third kappa shape index (κ3) is 13.3. The van der Waals surface area contributed by atoms with Gasteiger partial charge in [0.2, 0.25) is 5.91 Å². The van der Waals surface area contributed by atoms with E-state index < -0.39 is 132 Å². The van der Waals surface area contributed by atoms with Gasteiger partial charge in [-0.05, 0) is 75.4 Å². The zero-order valence-corrected chi connectivity index (χ0v) is 40.9. The largest absolute Gasteiger partial charge is 0.459 e. The average molecular weight is 917 g/mol. The maximum absolute atomic E-state index is 14.7. The first kappa shape index (κ1) is 54.9. The standard InChI is InChI=1S/C45H76N2O17/c1-18-33(45(14,54)38(59-30(10)50)26(6)46-28(8)48)61-41(53)25(5)35(62-34-21-43(12,55-17)39(27(7)57-34)60-31(11)51)24(4)37(44(13)20-22(2)40(52)64-44)63-42-36(58-29(9)49)32(47(15)16)19-23(3)56-42/h22-27,32-39,42,54H,18-21H2,1-17H3,(H,46,48)/t22-,23-,24+,25-,26-,27+,32+,33-,34+,35+,36-,37-,38-,39+,42+,43-,44-,45-/m1/s1. The van der Waals surface area contributed by atoms with Gasteiger partial charge in [-0.3, -0.25) is 28.8 Å². The number of carbonyl (C=O) groups is 6. The fourth-order valence-electron chi connectivity index (χ4n) is 9.67. The predicted molar refractivity (Wildman–Crippen MR) is 228 cm³/mol. The van der Waals surface area contributed by atoms with Crippen molar-refractivity contribution in [1.29, 1.82) is 0 Å². The van der Waals surface area contributed by atoms with Gasteiger partial charge in [0.05, 0.1) is 42.2 Å². The minimum atomic E-state index is -2.02. The second kappa shape index (κ2) is 22.4. The van der Waals surface area contributed by atoms with Crippen LogP contribution < -0.4 is 5.32 Å². The van der Waals surface area contributed by atoms with Gasteiger partial charge in [-0.1, -0.05) is 20.8 Å². The second-order valence-electron chi connectivity index (χ2n) is 18.9. The van der Waals surface area contributed by atoms with E-state index in [4.69, 9.17) is 47.4 Å². The Balaban J connectivity index is 2.19. The van der Waals surface area contributed by atoms with Crippen LogP contribution in [0.15, 0.2) is 0 Å². The van der Waals surface area contributed by atoms with E-state index in [-0.39, 0.29) is 31.4 Å². The number of esters is 5. The van der Waals surface area contributed by atoms with E-state index in [1.54, 1.807) is 55.4 Å². The normalized spacial score (nSPS) is 33.8. The molecule has 3 rings (SSSR count). The molecule has 2 N–H and O–H groups in total. The summed E-state index contributed by atoms with van der Waals surface area (Å²) in [5.74, 6) is -6.15. The Kier molecular flexibility index (Phi) is 19.2. The number of nitrogens with one attached hydrogen (secondary N) is 1. The summed E-state index contributed by atoms with van der Waals surface area (Å²) in [6.07, 6.45) is -9.19. The minimum Gasteiger partial charge on any atom is -0.459 e. The van der Waals surface area contributed by atoms with Crippen LogP contribution in [0, 0.1) is 17.8 Å². The SMILES string of the molecule is CC[C@@H](OC(=O)[C@H](C)[C@@H](O[C@H]1C[C@@](C)(OC)[C@@H](OC(C)=O)[C@H](C)O1)[C@H](C)[C@@H](O[C@@H]1O[C@H](C)C[C@H](N(C)C)[C@H]1OC(C)=O)[C@@]1(C)C[C@@H](C)C(=O)O1)[C@@](C)(O)[C@H](OC(C)=O)[C@@H](C)NC(C)=O. The van der Waals surface area contributed by atoms with Crippen molar-refractivity contribution >= 4 is 35.8 Å². The highest BCUT2D eigenvalue weighted by molar-refractivity contribution is 5.75. The van der Waals surface area contributed by atoms with Crippen molar-refractivity contribution in [2.45, 2.75) is 213 Å². The van der Waals surface area contributed by atoms with Gasteiger partial charge < -0.3 is 62.7 Å². The molecular weight excluding hydrogens is 840 g/mol. The first-order valence-electron chi connectivity index (χ1n) is 22.3. The third-order valence-electron chi connectivity index (χ3n) is 12.8. The number of likely N-dealkylation sites (N-methyl/N-ethyl adjacent to an activating group) is 1. The van der Waals surface area contributed by atoms with E-state index in [1.165, 1.54) is 34.8 Å². The fraction of sp³-hybridized carbons (Fsp3) is 0.867. The Bertz CT molecular complexity index is 1640. The summed E-state index contributed by atoms with van der Waals surface area (Å²) < 4.78 is 61.8. The average Bonchev–Trinajstić information content (AvgIpc) is 3.45. The summed E-state index contributed by atoms with van der Waals surface area (Å²) in [5.41, 5.74) is -4.48. The molecule has 1 amide bonds. The Labute approximate surface area is 378 Å². The summed E-state index contributed by atoms with van der Waals surface area (Å²) in [7, 11) is 5.19. The van der Waals surface area contributed by atoms with Crippen LogP contribution in [0.2, 0.25) is 0 Å². The highest BCUT2D eigenvalue weighted by atomic mass is 16.7. The van der Waals surface area contributed by atoms with Crippen LogP contribution in [0.5, 0.6) is 0 Å². The molecule has 0 unspecified atom stereocenters. The van der Waals surface area contributed by atoms with Crippen molar-refractivity contribution < 1.29 is 81.2 Å². The lowest BCUT2D eigenvalue weighted by Crippen LogP contribution is -2.61. The molecule has 0 aliphatic carbocycles. The predicted octanol–water partition coefficient (Wildman–Crippen LogP) is 3.37. The van der Waals surface area contributed by atoms with Gasteiger partial charge in [-0.2, -0.15) is 0 Å². The molecule has 0 saturated carbocycles. The lowest BCUT2D eigenvalue weighted by molar-refractivity contribution is -0.318. The molecule has 368 valence electrons. The molecule has 3 saturated heterocycles. The van der Waals surface area contributed by atoms with Gasteiger partial charge in [0.25, 0.3) is 0 Å². The summed E-state index contributed by atoms with van der Waals surface area (Å²) in [6, 6.07) is -1.22. The zero-order valence-electron chi connectivity index (χ0n) is 40.9. The molecule has 0 aromatic rings. The lowest BCUT2D eigenvalue weighted by atomic mass is 9.79. The smallest absolute Gasteiger partial charge is 0.311 e. The minimum absolute atomic E-state index is 0.0330. The molecule has 18 atom stereocenters. The van der Waals surface area contributed by atoms with Gasteiger partial charge in [-0.15, -0.1) is 0 Å². The van der Waals surface area contributed by atoms with Crippen LogP contribution >= 0.6 is 0 Å². The van der Waals surface area contributed by atoms with Crippen molar-refractivity contribution in [3.63, 3.8) is 0 Å². The number of rotatable bonds is 20. The monoisotopic (exact) mass is 917 g/mol. The molecule has 0 spiro atoms. The summed E-state index contributed by atoms with van der Waals surface area (Å²) in [4.78, 5) is 78.9. The molecule has 0 aromatic heterocycles. The first-order chi connectivity index (χ1) is 29.5. The third-order valence-corrected chi connectivity index (χ3v) is 12.8. The number of methoxy groups -OCH3 is 1. The lowest BCUT2D eigenvalue weighted by Gasteiger charge is -2.49. The maximum Gasteiger partial charge on any atom is 0.311 e. The van der Waals surface area contributed by atoms with Crippen molar-refractivity contribution in [3.8, 4) is 0 Å². The maximum atomic E-state index is 14.7. The number of carbonyl (C=O) groups excluding carboxylic acids is 6. The van der Waals surface area contributed by atoms with Gasteiger partial charge in [0.1, 0.15) is 29.0 Å². The summed E-state index contributed by atoms with van der Waals surface area (Å²) in [5, 5.41) is 14.7. The molecule has 0 aromatic carbocycles. The van der Waals surface area contributed by atoms with E-state index in [9.17, 15) is 33.9 Å². The molecule has 3 aliphatic rings. The number of nitrogens with zero attached hydrogens (tertiary/aromatic N) is 1. The number of amides is 1. The van der Waals surface area contributed by atoms with Crippen LogP contribution in [0.25, 0.3) is 0 Å². The van der Waals surface area contributed by atoms with Gasteiger partial charge >= 0.3 is 29.8 Å². The van der Waals surface area contributed by atoms with Crippen molar-refractivity contribution in [2.75, 3.05) is 21.2 Å². The molecule has 64 heavy (non-hydrogen) atoms. The van der Waals surface area contributed by atoms with Gasteiger partial charge in [-0.25, -0.2) is 0 Å². The van der Waals surface area contributed by atoms with Crippen LogP contribution in [0.3, 0.4) is 0 Å². The van der Waals surface area contributed by atoms with Crippen LogP contribution in [-0.4, -0.2) is 157 Å². The van der Waals surface area contributed by atoms with Crippen LogP contribution in [0.1, 0.15) is 123 Å². The van der Waals surface area contributed by atoms with Crippen LogP contribution in [-0.2, 0) is 76.1 Å². The first-order valence-corrected chi connectivity index (χ1v) is 22.3. The van der Waals surface area contributed by atoms with E-state index >= 15 is 0 Å². The highest BCUT2D eigenvalue weighted by Gasteiger charge is 2.57. The van der Waals surface area contributed by atoms with Crippen molar-refractivity contribution in [1.82, 2.24) is 10.2 Å². The van der Waals surface area contributed by atoms with Crippen molar-refractivity contribution in [3.05, 3.63) is 0 Å². The second-order valence-corrected chi connectivity index (χ2v) is 18.9. The number of hydrogen-bond donors (Lipinski definition) is 2. The molecular formula is C45H76N2O17. The topological polar surface area (TPSA) is 230 Å². The Morgan fingerprint density at radius 2 is 1.53 bits per heavy atom. The molecule has 19 nitrogen and oxygen atoms in total. The van der Waals surface area contributed by atoms with E-state index in [0.717, 1.165) is 6.92 Å².